The van der Waals surface area contributed by atoms with Gasteiger partial charge in [-0.25, -0.2) is 4.79 Å². The quantitative estimate of drug-likeness (QED) is 0.811. The SMILES string of the molecule is O=C(O)c1ccncc1CN1CCCC1. The highest BCUT2D eigenvalue weighted by Crippen LogP contribution is 2.15. The molecule has 0 radical (unpaired) electrons. The number of aromatic carboxylic acids is 1. The van der Waals surface area contributed by atoms with Crippen LogP contribution in [0, 0.1) is 0 Å². The van der Waals surface area contributed by atoms with Gasteiger partial charge in [0.15, 0.2) is 0 Å². The van der Waals surface area contributed by atoms with E-state index in [0.717, 1.165) is 18.7 Å². The number of pyridine rings is 1. The van der Waals surface area contributed by atoms with Gasteiger partial charge in [-0.05, 0) is 37.6 Å². The monoisotopic (exact) mass is 206 g/mol. The van der Waals surface area contributed by atoms with Crippen LogP contribution in [0.1, 0.15) is 28.8 Å². The lowest BCUT2D eigenvalue weighted by atomic mass is 10.1. The number of hydrogen-bond donors (Lipinski definition) is 1. The molecule has 80 valence electrons. The minimum absolute atomic E-state index is 0.372. The van der Waals surface area contributed by atoms with E-state index in [-0.39, 0.29) is 0 Å². The molecule has 0 aromatic carbocycles. The van der Waals surface area contributed by atoms with E-state index in [9.17, 15) is 4.79 Å². The van der Waals surface area contributed by atoms with Crippen molar-refractivity contribution in [1.82, 2.24) is 9.88 Å². The third kappa shape index (κ3) is 2.33. The van der Waals surface area contributed by atoms with E-state index >= 15 is 0 Å². The lowest BCUT2D eigenvalue weighted by Crippen LogP contribution is -2.20. The lowest BCUT2D eigenvalue weighted by Gasteiger charge is -2.15. The second kappa shape index (κ2) is 4.40. The molecule has 1 aliphatic rings. The van der Waals surface area contributed by atoms with Crippen LogP contribution in [0.15, 0.2) is 18.5 Å². The fourth-order valence-electron chi connectivity index (χ4n) is 1.94. The molecule has 0 atom stereocenters. The van der Waals surface area contributed by atoms with E-state index < -0.39 is 5.97 Å². The van der Waals surface area contributed by atoms with Gasteiger partial charge in [0, 0.05) is 18.9 Å². The maximum absolute atomic E-state index is 10.9. The Morgan fingerprint density at radius 2 is 2.20 bits per heavy atom. The van der Waals surface area contributed by atoms with E-state index in [2.05, 4.69) is 9.88 Å². The lowest BCUT2D eigenvalue weighted by molar-refractivity contribution is 0.0694. The zero-order valence-corrected chi connectivity index (χ0v) is 8.52. The van der Waals surface area contributed by atoms with Gasteiger partial charge in [0.2, 0.25) is 0 Å². The van der Waals surface area contributed by atoms with Crippen LogP contribution < -0.4 is 0 Å². The highest BCUT2D eigenvalue weighted by Gasteiger charge is 2.16. The number of carbonyl (C=O) groups is 1. The maximum atomic E-state index is 10.9. The maximum Gasteiger partial charge on any atom is 0.336 e. The van der Waals surface area contributed by atoms with E-state index in [1.54, 1.807) is 12.3 Å². The molecular formula is C11H14N2O2. The summed E-state index contributed by atoms with van der Waals surface area (Å²) in [5, 5.41) is 8.99. The minimum Gasteiger partial charge on any atom is -0.478 e. The van der Waals surface area contributed by atoms with Crippen LogP contribution in [-0.4, -0.2) is 34.0 Å². The average Bonchev–Trinajstić information content (AvgIpc) is 2.71. The number of aromatic nitrogens is 1. The molecule has 1 aromatic heterocycles. The van der Waals surface area contributed by atoms with Crippen LogP contribution in [0.3, 0.4) is 0 Å². The van der Waals surface area contributed by atoms with E-state index in [0.29, 0.717) is 12.1 Å². The number of nitrogens with zero attached hydrogens (tertiary/aromatic N) is 2. The highest BCUT2D eigenvalue weighted by molar-refractivity contribution is 5.89. The van der Waals surface area contributed by atoms with Gasteiger partial charge < -0.3 is 5.11 Å². The van der Waals surface area contributed by atoms with Crippen molar-refractivity contribution >= 4 is 5.97 Å². The topological polar surface area (TPSA) is 53.4 Å². The van der Waals surface area contributed by atoms with Crippen molar-refractivity contribution in [2.45, 2.75) is 19.4 Å². The Morgan fingerprint density at radius 1 is 1.47 bits per heavy atom. The molecule has 0 aliphatic carbocycles. The normalized spacial score (nSPS) is 16.8. The standard InChI is InChI=1S/C11H14N2O2/c14-11(15)10-3-4-12-7-9(10)8-13-5-1-2-6-13/h3-4,7H,1-2,5-6,8H2,(H,14,15). The molecule has 0 saturated carbocycles. The van der Waals surface area contributed by atoms with E-state index in [1.807, 2.05) is 0 Å². The van der Waals surface area contributed by atoms with Gasteiger partial charge in [-0.15, -0.1) is 0 Å². The van der Waals surface area contributed by atoms with Gasteiger partial charge in [-0.2, -0.15) is 0 Å². The molecule has 1 aromatic rings. The summed E-state index contributed by atoms with van der Waals surface area (Å²) in [6.45, 7) is 2.83. The Morgan fingerprint density at radius 3 is 2.87 bits per heavy atom. The Kier molecular flexibility index (Phi) is 2.97. The van der Waals surface area contributed by atoms with Gasteiger partial charge in [-0.3, -0.25) is 9.88 Å². The van der Waals surface area contributed by atoms with E-state index in [1.165, 1.54) is 19.0 Å². The van der Waals surface area contributed by atoms with Gasteiger partial charge in [0.25, 0.3) is 0 Å². The Balaban J connectivity index is 2.15. The smallest absolute Gasteiger partial charge is 0.336 e. The fraction of sp³-hybridized carbons (Fsp3) is 0.455. The van der Waals surface area contributed by atoms with Crippen molar-refractivity contribution in [3.63, 3.8) is 0 Å². The van der Waals surface area contributed by atoms with Crippen LogP contribution in [0.5, 0.6) is 0 Å². The predicted octanol–water partition coefficient (Wildman–Crippen LogP) is 1.38. The first-order valence-electron chi connectivity index (χ1n) is 5.16. The molecule has 4 nitrogen and oxygen atoms in total. The molecule has 1 aliphatic heterocycles. The highest BCUT2D eigenvalue weighted by atomic mass is 16.4. The molecule has 2 rings (SSSR count). The van der Waals surface area contributed by atoms with Crippen LogP contribution in [0.2, 0.25) is 0 Å². The van der Waals surface area contributed by atoms with Crippen molar-refractivity contribution < 1.29 is 9.90 Å². The molecule has 1 N–H and O–H groups in total. The van der Waals surface area contributed by atoms with Crippen LogP contribution in [-0.2, 0) is 6.54 Å². The summed E-state index contributed by atoms with van der Waals surface area (Å²) in [4.78, 5) is 17.2. The summed E-state index contributed by atoms with van der Waals surface area (Å²) in [7, 11) is 0. The van der Waals surface area contributed by atoms with Crippen LogP contribution in [0.4, 0.5) is 0 Å². The summed E-state index contributed by atoms with van der Waals surface area (Å²) in [5.41, 5.74) is 1.18. The molecule has 1 saturated heterocycles. The van der Waals surface area contributed by atoms with E-state index in [4.69, 9.17) is 5.11 Å². The molecule has 0 spiro atoms. The second-order valence-corrected chi connectivity index (χ2v) is 3.82. The van der Waals surface area contributed by atoms with Crippen molar-refractivity contribution in [2.75, 3.05) is 13.1 Å². The van der Waals surface area contributed by atoms with Crippen molar-refractivity contribution in [3.8, 4) is 0 Å². The molecule has 0 amide bonds. The number of likely N-dealkylation sites (tertiary alicyclic amines) is 1. The summed E-state index contributed by atoms with van der Waals surface area (Å²) >= 11 is 0. The Labute approximate surface area is 88.6 Å². The zero-order valence-electron chi connectivity index (χ0n) is 8.52. The number of hydrogen-bond acceptors (Lipinski definition) is 3. The fourth-order valence-corrected chi connectivity index (χ4v) is 1.94. The summed E-state index contributed by atoms with van der Waals surface area (Å²) in [6.07, 6.45) is 5.60. The van der Waals surface area contributed by atoms with Gasteiger partial charge in [0.05, 0.1) is 5.56 Å². The number of carboxylic acids is 1. The third-order valence-electron chi connectivity index (χ3n) is 2.73. The van der Waals surface area contributed by atoms with Gasteiger partial charge >= 0.3 is 5.97 Å². The van der Waals surface area contributed by atoms with Crippen LogP contribution in [0.25, 0.3) is 0 Å². The molecule has 0 unspecified atom stereocenters. The molecule has 2 heterocycles. The largest absolute Gasteiger partial charge is 0.478 e. The molecule has 1 fully saturated rings. The first-order chi connectivity index (χ1) is 7.27. The molecule has 4 heteroatoms. The predicted molar refractivity (Wildman–Crippen MR) is 55.7 cm³/mol. The van der Waals surface area contributed by atoms with Crippen molar-refractivity contribution in [2.24, 2.45) is 0 Å². The number of rotatable bonds is 3. The third-order valence-corrected chi connectivity index (χ3v) is 2.73. The van der Waals surface area contributed by atoms with Crippen molar-refractivity contribution in [3.05, 3.63) is 29.6 Å². The minimum atomic E-state index is -0.869. The average molecular weight is 206 g/mol. The summed E-state index contributed by atoms with van der Waals surface area (Å²) in [6, 6.07) is 1.56. The van der Waals surface area contributed by atoms with Crippen molar-refractivity contribution in [1.29, 1.82) is 0 Å². The second-order valence-electron chi connectivity index (χ2n) is 3.82. The Bertz CT molecular complexity index is 359. The molecule has 0 bridgehead atoms. The van der Waals surface area contributed by atoms with Crippen LogP contribution >= 0.6 is 0 Å². The first-order valence-corrected chi connectivity index (χ1v) is 5.16. The zero-order chi connectivity index (χ0) is 10.7. The molecular weight excluding hydrogens is 192 g/mol. The summed E-state index contributed by atoms with van der Waals surface area (Å²) < 4.78 is 0. The first kappa shape index (κ1) is 10.1. The Hall–Kier alpha value is -1.42. The van der Waals surface area contributed by atoms with Gasteiger partial charge in [-0.1, -0.05) is 0 Å². The molecule has 15 heavy (non-hydrogen) atoms. The number of carboxylic acid groups (broad SMARTS) is 1. The van der Waals surface area contributed by atoms with Gasteiger partial charge in [0.1, 0.15) is 0 Å². The summed E-state index contributed by atoms with van der Waals surface area (Å²) in [5.74, 6) is -0.869.